The molecule has 6 heteroatoms. The van der Waals surface area contributed by atoms with Crippen molar-refractivity contribution in [3.8, 4) is 0 Å². The Morgan fingerprint density at radius 1 is 0.425 bits per heavy atom. The molecule has 0 heterocycles. The predicted molar refractivity (Wildman–Crippen MR) is 200 cm³/mol. The number of rotatable bonds is 3. The molecule has 0 atom stereocenters. The van der Waals surface area contributed by atoms with Crippen LogP contribution in [-0.2, 0) is 0 Å². The normalized spacial score (nSPS) is 12.6. The van der Waals surface area contributed by atoms with Crippen molar-refractivity contribution in [3.63, 3.8) is 0 Å². The minimum Gasteiger partial charge on any atom is -0.103 e. The Kier molecular flexibility index (Phi) is 6.23. The van der Waals surface area contributed by atoms with E-state index in [9.17, 15) is 0 Å². The third kappa shape index (κ3) is 4.21. The number of hydrogen-bond donors (Lipinski definition) is 0. The molecule has 8 aromatic rings. The molecule has 185 valence electrons. The van der Waals surface area contributed by atoms with Gasteiger partial charge in [-0.25, -0.2) is 0 Å². The number of hydrogen-bond acceptors (Lipinski definition) is 0. The van der Waals surface area contributed by atoms with Gasteiger partial charge >= 0.3 is 0 Å². The van der Waals surface area contributed by atoms with Crippen LogP contribution >= 0.6 is 43.6 Å². The van der Waals surface area contributed by atoms with Crippen molar-refractivity contribution in [2.75, 3.05) is 0 Å². The summed E-state index contributed by atoms with van der Waals surface area (Å²) < 4.78 is -1.57. The number of benzene rings is 8. The van der Waals surface area contributed by atoms with E-state index in [-0.39, 0.29) is 0 Å². The highest BCUT2D eigenvalue weighted by Crippen LogP contribution is 2.36. The first kappa shape index (κ1) is 25.6. The van der Waals surface area contributed by atoms with Gasteiger partial charge in [0.05, 0.1) is 0 Å². The first-order valence-corrected chi connectivity index (χ1v) is 26.9. The van der Waals surface area contributed by atoms with Gasteiger partial charge in [-0.3, -0.25) is 0 Å². The Balaban J connectivity index is 1.38. The molecule has 8 rings (SSSR count). The first-order chi connectivity index (χ1) is 19.5. The summed E-state index contributed by atoms with van der Waals surface area (Å²) in [5, 5.41) is 20.0. The average molecular weight is 794 g/mol. The minimum atomic E-state index is -1.57. The minimum absolute atomic E-state index is 0.823. The van der Waals surface area contributed by atoms with Crippen LogP contribution in [0.2, 0.25) is 0 Å². The second-order valence-corrected chi connectivity index (χ2v) is 43.0. The number of halogens is 2. The van der Waals surface area contributed by atoms with Crippen LogP contribution in [0.4, 0.5) is 0 Å². The molecule has 8 aromatic carbocycles. The van der Waals surface area contributed by atoms with Crippen molar-refractivity contribution in [1.29, 1.82) is 0 Å². The molecule has 0 saturated carbocycles. The lowest BCUT2D eigenvalue weighted by molar-refractivity contribution is 1.79. The molecular weight excluding hydrogens is 775 g/mol. The van der Waals surface area contributed by atoms with Gasteiger partial charge in [-0.1, -0.05) is 54.6 Å². The maximum atomic E-state index is 3.79. The predicted octanol–water partition coefficient (Wildman–Crippen LogP) is 9.18. The zero-order valence-corrected chi connectivity index (χ0v) is 29.5. The summed E-state index contributed by atoms with van der Waals surface area (Å²) in [6.45, 7) is 0. The fraction of sp³-hybridized carbons (Fsp3) is 0. The summed E-state index contributed by atoms with van der Waals surface area (Å²) in [4.78, 5) is 0. The smallest absolute Gasteiger partial charge is 0.103 e. The maximum Gasteiger partial charge on any atom is 0.201 e. The lowest BCUT2D eigenvalue weighted by Crippen LogP contribution is -2.45. The molecule has 0 fully saturated rings. The second-order valence-electron chi connectivity index (χ2n) is 10.5. The van der Waals surface area contributed by atoms with Crippen molar-refractivity contribution < 1.29 is 0 Å². The molecule has 0 amide bonds. The first-order valence-electron chi connectivity index (χ1n) is 13.1. The quantitative estimate of drug-likeness (QED) is 0.0551. The van der Waals surface area contributed by atoms with E-state index in [0.29, 0.717) is 0 Å². The maximum absolute atomic E-state index is 3.79. The largest absolute Gasteiger partial charge is 0.201 e. The van der Waals surface area contributed by atoms with Gasteiger partial charge in [0, 0.05) is 26.9 Å². The fourth-order valence-corrected chi connectivity index (χ4v) is 40.4. The molecule has 0 nitrogen and oxygen atoms in total. The number of fused-ring (bicyclic) bond motifs is 8. The van der Waals surface area contributed by atoms with E-state index < -0.39 is 2.58 Å². The monoisotopic (exact) mass is 793 g/mol. The molecule has 0 aliphatic carbocycles. The summed E-state index contributed by atoms with van der Waals surface area (Å²) in [7, 11) is 5.58. The van der Waals surface area contributed by atoms with Crippen molar-refractivity contribution in [2.45, 2.75) is 0 Å². The van der Waals surface area contributed by atoms with Crippen LogP contribution in [-0.4, -0.2) is 29.5 Å². The van der Waals surface area contributed by atoms with Gasteiger partial charge in [0.25, 0.3) is 0 Å². The molecule has 0 aromatic heterocycles. The van der Waals surface area contributed by atoms with E-state index in [0.717, 1.165) is 17.1 Å². The van der Waals surface area contributed by atoms with Crippen LogP contribution in [0.1, 0.15) is 0 Å². The van der Waals surface area contributed by atoms with Crippen LogP contribution in [0.5, 0.6) is 0 Å². The summed E-state index contributed by atoms with van der Waals surface area (Å²) in [5.41, 5.74) is 0. The molecule has 7 radical (unpaired) electrons. The Morgan fingerprint density at radius 3 is 1.38 bits per heavy atom. The van der Waals surface area contributed by atoms with Gasteiger partial charge < -0.3 is 0 Å². The lowest BCUT2D eigenvalue weighted by atomic mass is 9.93. The Hall–Kier alpha value is -2.09. The van der Waals surface area contributed by atoms with E-state index in [2.05, 4.69) is 169 Å². The van der Waals surface area contributed by atoms with Gasteiger partial charge in [0.1, 0.15) is 0 Å². The molecule has 0 aliphatic heterocycles. The van der Waals surface area contributed by atoms with Crippen molar-refractivity contribution >= 4 is 154 Å². The SMILES string of the molecule is [Si][Si][Si][Si](I)(I)c1cccc2cc3cc4ccc5cc6cc7cc8ccccc8cc7cc6cc5c4cc3cc12. The molecule has 0 N–H and O–H groups in total. The average Bonchev–Trinajstić information content (AvgIpc) is 2.95. The van der Waals surface area contributed by atoms with Gasteiger partial charge in [-0.15, -0.1) is 43.6 Å². The van der Waals surface area contributed by atoms with Crippen molar-refractivity contribution in [3.05, 3.63) is 115 Å². The summed E-state index contributed by atoms with van der Waals surface area (Å²) in [6, 6.07) is 43.9. The van der Waals surface area contributed by atoms with Crippen LogP contribution in [0, 0.1) is 0 Å². The fourth-order valence-electron chi connectivity index (χ4n) is 6.20. The van der Waals surface area contributed by atoms with E-state index in [1.54, 1.807) is 5.19 Å². The van der Waals surface area contributed by atoms with E-state index in [1.807, 2.05) is 0 Å². The molecule has 0 saturated heterocycles. The summed E-state index contributed by atoms with van der Waals surface area (Å²) >= 11 is 5.54. The van der Waals surface area contributed by atoms with Gasteiger partial charge in [-0.05, 0) is 141 Å². The summed E-state index contributed by atoms with van der Waals surface area (Å²) in [5.74, 6) is 0. The zero-order chi connectivity index (χ0) is 27.0. The molecule has 0 aliphatic rings. The highest BCUT2D eigenvalue weighted by atomic mass is 127. The lowest BCUT2D eigenvalue weighted by Gasteiger charge is -2.20. The highest BCUT2D eigenvalue weighted by molar-refractivity contribution is 14.3. The molecule has 0 unspecified atom stereocenters. The van der Waals surface area contributed by atoms with Crippen LogP contribution in [0.15, 0.2) is 115 Å². The molecule has 0 bridgehead atoms. The topological polar surface area (TPSA) is 0 Å². The van der Waals surface area contributed by atoms with Gasteiger partial charge in [-0.2, -0.15) is 0 Å². The summed E-state index contributed by atoms with van der Waals surface area (Å²) in [6.07, 6.45) is 0. The zero-order valence-electron chi connectivity index (χ0n) is 21.2. The molecule has 40 heavy (non-hydrogen) atoms. The van der Waals surface area contributed by atoms with Crippen LogP contribution in [0.25, 0.3) is 75.4 Å². The molecule has 0 spiro atoms. The third-order valence-electron chi connectivity index (χ3n) is 8.12. The standard InChI is InChI=1S/C34H19I2Si4/c35-40(36,39-38-37)34-7-3-6-22-12-27-13-23-8-9-24-14-28-15-25-10-20-4-1-2-5-21(20)11-26(25)16-29(28)17-31(24)32(23)18-30(27)19-33(22)34/h1-19H. The van der Waals surface area contributed by atoms with Crippen molar-refractivity contribution in [2.24, 2.45) is 0 Å². The van der Waals surface area contributed by atoms with Gasteiger partial charge in [0.2, 0.25) is 2.58 Å². The van der Waals surface area contributed by atoms with E-state index in [4.69, 9.17) is 0 Å². The van der Waals surface area contributed by atoms with Gasteiger partial charge in [0.15, 0.2) is 0 Å². The molecular formula is C34H19I2Si4. The third-order valence-corrected chi connectivity index (χ3v) is 37.2. The van der Waals surface area contributed by atoms with Crippen LogP contribution in [0.3, 0.4) is 0 Å². The van der Waals surface area contributed by atoms with E-state index in [1.165, 1.54) is 75.4 Å². The Morgan fingerprint density at radius 2 is 0.825 bits per heavy atom. The Bertz CT molecular complexity index is 2330. The highest BCUT2D eigenvalue weighted by Gasteiger charge is 2.29. The Labute approximate surface area is 266 Å². The van der Waals surface area contributed by atoms with E-state index >= 15 is 0 Å². The second kappa shape index (κ2) is 9.74. The van der Waals surface area contributed by atoms with Crippen molar-refractivity contribution in [1.82, 2.24) is 0 Å². The van der Waals surface area contributed by atoms with Crippen LogP contribution < -0.4 is 5.19 Å².